The van der Waals surface area contributed by atoms with E-state index < -0.39 is 38.6 Å². The molecule has 2 fully saturated rings. The molecule has 0 aromatic heterocycles. The molecule has 2 saturated heterocycles. The van der Waals surface area contributed by atoms with Gasteiger partial charge in [0, 0.05) is 41.1 Å². The lowest BCUT2D eigenvalue weighted by Crippen LogP contribution is -2.63. The summed E-state index contributed by atoms with van der Waals surface area (Å²) in [6.07, 6.45) is 0.399. The number of unbranched alkanes of at least 4 members (excludes halogenated alkanes) is 1. The van der Waals surface area contributed by atoms with Crippen molar-refractivity contribution in [1.29, 1.82) is 0 Å². The average molecular weight is 439 g/mol. The summed E-state index contributed by atoms with van der Waals surface area (Å²) < 4.78 is 35.1. The summed E-state index contributed by atoms with van der Waals surface area (Å²) in [4.78, 5) is 34.4. The summed E-state index contributed by atoms with van der Waals surface area (Å²) in [5, 5.41) is 2.75. The van der Waals surface area contributed by atoms with E-state index in [9.17, 15) is 18.6 Å². The maximum Gasteiger partial charge on any atom is 0.302 e. The second kappa shape index (κ2) is 10.9. The van der Waals surface area contributed by atoms with Gasteiger partial charge in [-0.2, -0.15) is 0 Å². The Morgan fingerprint density at radius 1 is 1.29 bits per heavy atom. The standard InChI is InChI=1S/C17H28FNO7P2/c1-10-15(25-12(3)21)14(19-11(2)20)16-24-9-17(10,26-16)8-23-7-5-4-6-13(22)27-28-18/h10,14-16,27-28H,4-9H2,1-3H3,(H,19,20)/t10-,14-,15+,16+,17+/m1/s1. The van der Waals surface area contributed by atoms with Gasteiger partial charge in [0.25, 0.3) is 0 Å². The number of carbonyl (C=O) groups is 3. The maximum atomic E-state index is 12.1. The molecular formula is C17H28FNO7P2. The first-order valence-electron chi connectivity index (χ1n) is 9.25. The fourth-order valence-corrected chi connectivity index (χ4v) is 4.61. The zero-order chi connectivity index (χ0) is 20.7. The first-order chi connectivity index (χ1) is 13.3. The number of ether oxygens (including phenoxy) is 4. The minimum absolute atomic E-state index is 0.0380. The molecule has 2 rings (SSSR count). The van der Waals surface area contributed by atoms with Crippen molar-refractivity contribution in [3.63, 3.8) is 0 Å². The number of amides is 1. The summed E-state index contributed by atoms with van der Waals surface area (Å²) in [5.74, 6) is -0.968. The molecule has 0 aromatic rings. The van der Waals surface area contributed by atoms with Gasteiger partial charge in [-0.1, -0.05) is 6.92 Å². The van der Waals surface area contributed by atoms with Crippen LogP contribution in [0.4, 0.5) is 4.20 Å². The van der Waals surface area contributed by atoms with E-state index in [-0.39, 0.29) is 38.8 Å². The van der Waals surface area contributed by atoms with E-state index in [1.807, 2.05) is 6.92 Å². The van der Waals surface area contributed by atoms with Crippen LogP contribution in [-0.2, 0) is 33.3 Å². The van der Waals surface area contributed by atoms with Gasteiger partial charge in [0.05, 0.1) is 21.8 Å². The first kappa shape index (κ1) is 23.6. The predicted molar refractivity (Wildman–Crippen MR) is 103 cm³/mol. The lowest BCUT2D eigenvalue weighted by Gasteiger charge is -2.45. The monoisotopic (exact) mass is 439 g/mol. The highest BCUT2D eigenvalue weighted by atomic mass is 32.0. The lowest BCUT2D eigenvalue weighted by atomic mass is 9.81. The van der Waals surface area contributed by atoms with Crippen molar-refractivity contribution >= 4 is 34.3 Å². The van der Waals surface area contributed by atoms with Crippen LogP contribution in [0.25, 0.3) is 0 Å². The summed E-state index contributed by atoms with van der Waals surface area (Å²) in [6.45, 7) is 5.54. The van der Waals surface area contributed by atoms with Crippen molar-refractivity contribution in [1.82, 2.24) is 5.32 Å². The van der Waals surface area contributed by atoms with E-state index in [0.29, 0.717) is 25.9 Å². The van der Waals surface area contributed by atoms with Crippen LogP contribution in [0.1, 0.15) is 40.0 Å². The van der Waals surface area contributed by atoms with Gasteiger partial charge in [-0.05, 0) is 12.8 Å². The highest BCUT2D eigenvalue weighted by Gasteiger charge is 2.59. The molecule has 1 N–H and O–H groups in total. The summed E-state index contributed by atoms with van der Waals surface area (Å²) >= 11 is 0. The van der Waals surface area contributed by atoms with Crippen LogP contribution in [0.2, 0.25) is 0 Å². The smallest absolute Gasteiger partial charge is 0.302 e. The van der Waals surface area contributed by atoms with Gasteiger partial charge >= 0.3 is 5.97 Å². The molecule has 2 aliphatic heterocycles. The summed E-state index contributed by atoms with van der Waals surface area (Å²) in [7, 11) is -1.04. The Morgan fingerprint density at radius 2 is 2.04 bits per heavy atom. The average Bonchev–Trinajstić information content (AvgIpc) is 3.01. The Hall–Kier alpha value is -0.720. The summed E-state index contributed by atoms with van der Waals surface area (Å²) in [5.41, 5.74) is -0.810. The number of halogens is 1. The van der Waals surface area contributed by atoms with Crippen molar-refractivity contribution in [2.45, 2.75) is 64.1 Å². The molecule has 2 unspecified atom stereocenters. The maximum absolute atomic E-state index is 12.1. The zero-order valence-electron chi connectivity index (χ0n) is 16.3. The fourth-order valence-electron chi connectivity index (χ4n) is 3.51. The quantitative estimate of drug-likeness (QED) is 0.299. The number of carbonyl (C=O) groups excluding carboxylic acids is 3. The molecule has 0 aromatic carbocycles. The number of hydrogen-bond acceptors (Lipinski definition) is 7. The van der Waals surface area contributed by atoms with Crippen LogP contribution >= 0.6 is 16.8 Å². The molecule has 28 heavy (non-hydrogen) atoms. The third-order valence-electron chi connectivity index (χ3n) is 4.96. The Morgan fingerprint density at radius 3 is 2.68 bits per heavy atom. The largest absolute Gasteiger partial charge is 0.460 e. The van der Waals surface area contributed by atoms with E-state index in [1.54, 1.807) is 0 Å². The molecule has 160 valence electrons. The highest BCUT2D eigenvalue weighted by molar-refractivity contribution is 8.17. The molecular weight excluding hydrogens is 411 g/mol. The van der Waals surface area contributed by atoms with Crippen LogP contribution in [0.15, 0.2) is 0 Å². The zero-order valence-corrected chi connectivity index (χ0v) is 18.3. The van der Waals surface area contributed by atoms with Gasteiger partial charge in [-0.15, -0.1) is 0 Å². The molecule has 8 nitrogen and oxygen atoms in total. The minimum Gasteiger partial charge on any atom is -0.460 e. The molecule has 0 spiro atoms. The molecule has 1 amide bonds. The number of rotatable bonds is 11. The summed E-state index contributed by atoms with van der Waals surface area (Å²) in [6, 6.07) is -0.588. The normalized spacial score (nSPS) is 32.3. The Balaban J connectivity index is 1.89. The molecule has 2 bridgehead atoms. The van der Waals surface area contributed by atoms with E-state index in [2.05, 4.69) is 5.32 Å². The van der Waals surface area contributed by atoms with Crippen LogP contribution in [0, 0.1) is 5.92 Å². The molecule has 11 heteroatoms. The molecule has 0 radical (unpaired) electrons. The second-order valence-electron chi connectivity index (χ2n) is 7.10. The van der Waals surface area contributed by atoms with Crippen LogP contribution in [0.5, 0.6) is 0 Å². The lowest BCUT2D eigenvalue weighted by molar-refractivity contribution is -0.222. The Kier molecular flexibility index (Phi) is 9.16. The third kappa shape index (κ3) is 6.14. The van der Waals surface area contributed by atoms with E-state index in [0.717, 1.165) is 0 Å². The SMILES string of the molecule is CC(=O)N[C@H]1[C@H]2OC[C@](COCCCCC(=O)PPF)(O2)[C@H](C)[C@@H]1OC(C)=O. The molecule has 0 aliphatic carbocycles. The van der Waals surface area contributed by atoms with Gasteiger partial charge in [0.2, 0.25) is 5.91 Å². The second-order valence-corrected chi connectivity index (χ2v) is 9.42. The topological polar surface area (TPSA) is 100 Å². The van der Waals surface area contributed by atoms with Crippen LogP contribution in [-0.4, -0.2) is 61.3 Å². The van der Waals surface area contributed by atoms with Gasteiger partial charge in [0.1, 0.15) is 17.7 Å². The Bertz CT molecular complexity index is 582. The minimum atomic E-state index is -0.804. The van der Waals surface area contributed by atoms with E-state index in [1.165, 1.54) is 13.8 Å². The number of hydrogen-bond donors (Lipinski definition) is 1. The van der Waals surface area contributed by atoms with Crippen molar-refractivity contribution < 1.29 is 37.5 Å². The van der Waals surface area contributed by atoms with Gasteiger partial charge in [0.15, 0.2) is 11.8 Å². The van der Waals surface area contributed by atoms with Crippen molar-refractivity contribution in [2.24, 2.45) is 5.92 Å². The predicted octanol–water partition coefficient (Wildman–Crippen LogP) is 2.05. The van der Waals surface area contributed by atoms with Crippen molar-refractivity contribution in [3.05, 3.63) is 0 Å². The molecule has 2 heterocycles. The number of esters is 1. The first-order valence-corrected chi connectivity index (χ1v) is 12.1. The number of nitrogens with one attached hydrogen (secondary N) is 1. The van der Waals surface area contributed by atoms with E-state index >= 15 is 0 Å². The number of fused-ring (bicyclic) bond motifs is 2. The molecule has 2 aliphatic rings. The fraction of sp³-hybridized carbons (Fsp3) is 0.824. The third-order valence-corrected chi connectivity index (χ3v) is 6.70. The van der Waals surface area contributed by atoms with Crippen LogP contribution in [0.3, 0.4) is 0 Å². The molecule has 7 atom stereocenters. The van der Waals surface area contributed by atoms with Crippen molar-refractivity contribution in [3.8, 4) is 0 Å². The van der Waals surface area contributed by atoms with Crippen molar-refractivity contribution in [2.75, 3.05) is 19.8 Å². The van der Waals surface area contributed by atoms with Crippen LogP contribution < -0.4 is 5.32 Å². The van der Waals surface area contributed by atoms with Gasteiger partial charge < -0.3 is 24.3 Å². The van der Waals surface area contributed by atoms with Gasteiger partial charge in [-0.25, -0.2) is 4.20 Å². The highest BCUT2D eigenvalue weighted by Crippen LogP contribution is 2.42. The van der Waals surface area contributed by atoms with Gasteiger partial charge in [-0.3, -0.25) is 14.4 Å². The molecule has 0 saturated carbocycles. The van der Waals surface area contributed by atoms with E-state index in [4.69, 9.17) is 18.9 Å². The Labute approximate surface area is 167 Å².